The largest absolute Gasteiger partial charge is 0.481 e. The molecule has 0 radical (unpaired) electrons. The molecule has 8 nitrogen and oxygen atoms in total. The summed E-state index contributed by atoms with van der Waals surface area (Å²) in [5.41, 5.74) is 5.94. The molecule has 0 atom stereocenters. The summed E-state index contributed by atoms with van der Waals surface area (Å²) in [6.45, 7) is 0.602. The number of rotatable bonds is 4. The number of fused-ring (bicyclic) bond motifs is 1. The lowest BCUT2D eigenvalue weighted by atomic mass is 10.2. The number of anilines is 2. The second-order valence-corrected chi connectivity index (χ2v) is 3.67. The Bertz CT molecular complexity index is 503. The molecule has 0 aromatic heterocycles. The van der Waals surface area contributed by atoms with Crippen molar-refractivity contribution >= 4 is 23.0 Å². The lowest BCUT2D eigenvalue weighted by Gasteiger charge is -2.19. The predicted octanol–water partition coefficient (Wildman–Crippen LogP) is 0.296. The average molecular weight is 252 g/mol. The highest BCUT2D eigenvalue weighted by Gasteiger charge is 2.23. The summed E-state index contributed by atoms with van der Waals surface area (Å²) in [7, 11) is 0. The number of carbonyl (C=O) groups excluding carboxylic acids is 1. The Kier molecular flexibility index (Phi) is 3.28. The molecule has 0 spiro atoms. The fourth-order valence-electron chi connectivity index (χ4n) is 1.62. The van der Waals surface area contributed by atoms with Crippen molar-refractivity contribution in [2.24, 2.45) is 5.73 Å². The zero-order valence-electron chi connectivity index (χ0n) is 9.43. The number of nitrogens with two attached hydrogens (primary N) is 1. The van der Waals surface area contributed by atoms with E-state index in [1.54, 1.807) is 0 Å². The first kappa shape index (κ1) is 12.1. The van der Waals surface area contributed by atoms with Crippen LogP contribution in [0.4, 0.5) is 17.1 Å². The normalized spacial score (nSPS) is 13.3. The van der Waals surface area contributed by atoms with Crippen LogP contribution in [0.15, 0.2) is 12.1 Å². The monoisotopic (exact) mass is 252 g/mol. The van der Waals surface area contributed by atoms with Crippen molar-refractivity contribution in [3.63, 3.8) is 0 Å². The first-order valence-corrected chi connectivity index (χ1v) is 5.31. The third-order valence-corrected chi connectivity index (χ3v) is 2.39. The second kappa shape index (κ2) is 4.88. The van der Waals surface area contributed by atoms with Gasteiger partial charge in [0.25, 0.3) is 11.6 Å². The summed E-state index contributed by atoms with van der Waals surface area (Å²) in [6, 6.07) is 2.76. The van der Waals surface area contributed by atoms with Crippen LogP contribution in [-0.2, 0) is 4.79 Å². The van der Waals surface area contributed by atoms with Crippen molar-refractivity contribution in [2.75, 3.05) is 30.3 Å². The third kappa shape index (κ3) is 2.33. The van der Waals surface area contributed by atoms with Gasteiger partial charge in [0, 0.05) is 13.1 Å². The first-order chi connectivity index (χ1) is 8.61. The maximum Gasteiger partial charge on any atom is 0.296 e. The zero-order chi connectivity index (χ0) is 13.1. The van der Waals surface area contributed by atoms with Crippen LogP contribution in [0.1, 0.15) is 0 Å². The smallest absolute Gasteiger partial charge is 0.296 e. The molecule has 96 valence electrons. The highest BCUT2D eigenvalue weighted by atomic mass is 16.6. The Morgan fingerprint density at radius 1 is 1.56 bits per heavy atom. The van der Waals surface area contributed by atoms with Crippen molar-refractivity contribution < 1.29 is 14.5 Å². The molecule has 1 aromatic carbocycles. The number of hydrogen-bond donors (Lipinski definition) is 3. The molecule has 1 aromatic rings. The maximum absolute atomic E-state index is 11.2. The molecule has 4 N–H and O–H groups in total. The summed E-state index contributed by atoms with van der Waals surface area (Å²) >= 11 is 0. The molecule has 0 saturated carbocycles. The van der Waals surface area contributed by atoms with Gasteiger partial charge in [0.05, 0.1) is 16.7 Å². The van der Waals surface area contributed by atoms with Gasteiger partial charge in [-0.2, -0.15) is 0 Å². The molecular formula is C10H12N4O4. The SMILES string of the molecule is NCCNc1cc2c(cc1[N+](=O)[O-])OCC(=O)N2. The minimum atomic E-state index is -0.515. The van der Waals surface area contributed by atoms with E-state index in [1.165, 1.54) is 12.1 Å². The topological polar surface area (TPSA) is 120 Å². The molecule has 0 bridgehead atoms. The van der Waals surface area contributed by atoms with Crippen molar-refractivity contribution in [1.29, 1.82) is 0 Å². The van der Waals surface area contributed by atoms with Gasteiger partial charge >= 0.3 is 0 Å². The van der Waals surface area contributed by atoms with Crippen LogP contribution in [0, 0.1) is 10.1 Å². The van der Waals surface area contributed by atoms with Crippen LogP contribution in [0.25, 0.3) is 0 Å². The molecule has 0 saturated heterocycles. The molecule has 8 heteroatoms. The van der Waals surface area contributed by atoms with E-state index < -0.39 is 4.92 Å². The van der Waals surface area contributed by atoms with Gasteiger partial charge < -0.3 is 21.1 Å². The van der Waals surface area contributed by atoms with Gasteiger partial charge in [-0.3, -0.25) is 14.9 Å². The number of nitrogens with zero attached hydrogens (tertiary/aromatic N) is 1. The highest BCUT2D eigenvalue weighted by Crippen LogP contribution is 2.37. The summed E-state index contributed by atoms with van der Waals surface area (Å²) in [6.07, 6.45) is 0. The first-order valence-electron chi connectivity index (χ1n) is 5.31. The quantitative estimate of drug-likeness (QED) is 0.523. The van der Waals surface area contributed by atoms with Crippen LogP contribution in [0.5, 0.6) is 5.75 Å². The van der Waals surface area contributed by atoms with E-state index in [4.69, 9.17) is 10.5 Å². The molecule has 1 aliphatic rings. The van der Waals surface area contributed by atoms with Crippen molar-refractivity contribution in [3.05, 3.63) is 22.2 Å². The van der Waals surface area contributed by atoms with E-state index in [1.807, 2.05) is 0 Å². The molecule has 2 rings (SSSR count). The minimum Gasteiger partial charge on any atom is -0.481 e. The second-order valence-electron chi connectivity index (χ2n) is 3.67. The number of carbonyl (C=O) groups is 1. The molecule has 0 fully saturated rings. The molecule has 18 heavy (non-hydrogen) atoms. The molecule has 1 aliphatic heterocycles. The molecule has 1 heterocycles. The molecule has 0 unspecified atom stereocenters. The van der Waals surface area contributed by atoms with Gasteiger partial charge in [-0.05, 0) is 6.07 Å². The van der Waals surface area contributed by atoms with Gasteiger partial charge in [-0.1, -0.05) is 0 Å². The Balaban J connectivity index is 2.40. The Morgan fingerprint density at radius 3 is 3.00 bits per heavy atom. The van der Waals surface area contributed by atoms with Crippen molar-refractivity contribution in [2.45, 2.75) is 0 Å². The van der Waals surface area contributed by atoms with E-state index in [0.717, 1.165) is 0 Å². The predicted molar refractivity (Wildman–Crippen MR) is 64.8 cm³/mol. The summed E-state index contributed by atoms with van der Waals surface area (Å²) in [5, 5.41) is 16.3. The number of hydrogen-bond acceptors (Lipinski definition) is 6. The summed E-state index contributed by atoms with van der Waals surface area (Å²) in [4.78, 5) is 21.6. The number of nitro groups is 1. The van der Waals surface area contributed by atoms with E-state index in [-0.39, 0.29) is 18.2 Å². The number of benzene rings is 1. The highest BCUT2D eigenvalue weighted by molar-refractivity contribution is 5.96. The maximum atomic E-state index is 11.2. The Labute approximate surface area is 102 Å². The minimum absolute atomic E-state index is 0.113. The van der Waals surface area contributed by atoms with Crippen LogP contribution < -0.4 is 21.1 Å². The lowest BCUT2D eigenvalue weighted by Crippen LogP contribution is -2.25. The van der Waals surface area contributed by atoms with Crippen LogP contribution in [-0.4, -0.2) is 30.5 Å². The van der Waals surface area contributed by atoms with Gasteiger partial charge in [-0.15, -0.1) is 0 Å². The van der Waals surface area contributed by atoms with Crippen LogP contribution in [0.3, 0.4) is 0 Å². The standard InChI is InChI=1S/C10H12N4O4/c11-1-2-12-6-3-7-9(4-8(6)14(16)17)18-5-10(15)13-7/h3-4,12H,1-2,5,11H2,(H,13,15). The average Bonchev–Trinajstić information content (AvgIpc) is 2.34. The summed E-state index contributed by atoms with van der Waals surface area (Å²) in [5.74, 6) is 0.000673. The van der Waals surface area contributed by atoms with Gasteiger partial charge in [0.15, 0.2) is 12.4 Å². The fraction of sp³-hybridized carbons (Fsp3) is 0.300. The molecule has 1 amide bonds. The lowest BCUT2D eigenvalue weighted by molar-refractivity contribution is -0.384. The molecule has 0 aliphatic carbocycles. The van der Waals surface area contributed by atoms with E-state index >= 15 is 0 Å². The zero-order valence-corrected chi connectivity index (χ0v) is 9.43. The number of ether oxygens (including phenoxy) is 1. The summed E-state index contributed by atoms with van der Waals surface area (Å²) < 4.78 is 5.12. The fourth-order valence-corrected chi connectivity index (χ4v) is 1.62. The number of nitro benzene ring substituents is 1. The van der Waals surface area contributed by atoms with E-state index in [9.17, 15) is 14.9 Å². The Morgan fingerprint density at radius 2 is 2.33 bits per heavy atom. The van der Waals surface area contributed by atoms with Crippen LogP contribution in [0.2, 0.25) is 0 Å². The van der Waals surface area contributed by atoms with Crippen LogP contribution >= 0.6 is 0 Å². The van der Waals surface area contributed by atoms with Crippen molar-refractivity contribution in [1.82, 2.24) is 0 Å². The van der Waals surface area contributed by atoms with Crippen molar-refractivity contribution in [3.8, 4) is 5.75 Å². The van der Waals surface area contributed by atoms with Gasteiger partial charge in [0.2, 0.25) is 0 Å². The number of nitrogens with one attached hydrogen (secondary N) is 2. The van der Waals surface area contributed by atoms with E-state index in [2.05, 4.69) is 10.6 Å². The van der Waals surface area contributed by atoms with E-state index in [0.29, 0.717) is 30.2 Å². The third-order valence-electron chi connectivity index (χ3n) is 2.39. The number of amides is 1. The van der Waals surface area contributed by atoms with Gasteiger partial charge in [0.1, 0.15) is 5.69 Å². The Hall–Kier alpha value is -2.35. The molecular weight excluding hydrogens is 240 g/mol. The van der Waals surface area contributed by atoms with Gasteiger partial charge in [-0.25, -0.2) is 0 Å².